The number of rotatable bonds is 7. The first-order valence-electron chi connectivity index (χ1n) is 7.18. The highest BCUT2D eigenvalue weighted by Gasteiger charge is 2.21. The van der Waals surface area contributed by atoms with Crippen LogP contribution in [0.5, 0.6) is 5.75 Å². The van der Waals surface area contributed by atoms with E-state index in [2.05, 4.69) is 39.8 Å². The van der Waals surface area contributed by atoms with Crippen LogP contribution < -0.4 is 4.74 Å². The van der Waals surface area contributed by atoms with E-state index in [1.54, 1.807) is 7.11 Å². The Hall–Kier alpha value is -1.02. The summed E-state index contributed by atoms with van der Waals surface area (Å²) in [6.07, 6.45) is 3.65. The number of hydrogen-bond acceptors (Lipinski definition) is 2. The molecule has 0 atom stereocenters. The van der Waals surface area contributed by atoms with Gasteiger partial charge in [0.25, 0.3) is 0 Å². The van der Waals surface area contributed by atoms with E-state index in [1.165, 1.54) is 18.4 Å². The highest BCUT2D eigenvalue weighted by atomic mass is 16.5. The first kappa shape index (κ1) is 16.0. The van der Waals surface area contributed by atoms with Crippen molar-refractivity contribution in [3.05, 3.63) is 29.3 Å². The van der Waals surface area contributed by atoms with Gasteiger partial charge in [-0.2, -0.15) is 0 Å². The summed E-state index contributed by atoms with van der Waals surface area (Å²) in [5.74, 6) is 1.59. The Morgan fingerprint density at radius 3 is 2.42 bits per heavy atom. The van der Waals surface area contributed by atoms with Crippen LogP contribution in [0.3, 0.4) is 0 Å². The third kappa shape index (κ3) is 4.87. The van der Waals surface area contributed by atoms with Gasteiger partial charge in [-0.15, -0.1) is 0 Å². The fourth-order valence-corrected chi connectivity index (χ4v) is 2.36. The molecule has 0 saturated carbocycles. The van der Waals surface area contributed by atoms with Gasteiger partial charge in [0.15, 0.2) is 0 Å². The summed E-state index contributed by atoms with van der Waals surface area (Å²) in [7, 11) is 1.67. The molecule has 1 rings (SSSR count). The summed E-state index contributed by atoms with van der Waals surface area (Å²) >= 11 is 0. The number of aliphatic hydroxyl groups excluding tert-OH is 1. The Bertz CT molecular complexity index is 372. The smallest absolute Gasteiger partial charge is 0.119 e. The van der Waals surface area contributed by atoms with Gasteiger partial charge in [0.05, 0.1) is 13.7 Å². The van der Waals surface area contributed by atoms with Crippen molar-refractivity contribution < 1.29 is 9.84 Å². The lowest BCUT2D eigenvalue weighted by Crippen LogP contribution is -2.18. The predicted octanol–water partition coefficient (Wildman–Crippen LogP) is 4.29. The van der Waals surface area contributed by atoms with Crippen molar-refractivity contribution in [2.45, 2.75) is 59.0 Å². The van der Waals surface area contributed by atoms with Gasteiger partial charge >= 0.3 is 0 Å². The van der Waals surface area contributed by atoms with Gasteiger partial charge in [0.1, 0.15) is 5.75 Å². The molecule has 108 valence electrons. The second-order valence-corrected chi connectivity index (χ2v) is 6.40. The number of methoxy groups -OCH3 is 1. The van der Waals surface area contributed by atoms with Crippen molar-refractivity contribution in [2.24, 2.45) is 5.92 Å². The summed E-state index contributed by atoms with van der Waals surface area (Å²) in [5, 5.41) is 9.34. The molecule has 0 radical (unpaired) electrons. The zero-order valence-corrected chi connectivity index (χ0v) is 13.0. The Labute approximate surface area is 117 Å². The molecular formula is C17H28O2. The Kier molecular flexibility index (Phi) is 5.86. The van der Waals surface area contributed by atoms with Crippen molar-refractivity contribution in [1.82, 2.24) is 0 Å². The van der Waals surface area contributed by atoms with Crippen LogP contribution in [-0.2, 0) is 12.0 Å². The van der Waals surface area contributed by atoms with Gasteiger partial charge in [0, 0.05) is 0 Å². The van der Waals surface area contributed by atoms with Crippen LogP contribution in [-0.4, -0.2) is 12.2 Å². The van der Waals surface area contributed by atoms with E-state index in [9.17, 15) is 5.11 Å². The molecule has 1 aromatic rings. The monoisotopic (exact) mass is 264 g/mol. The molecule has 0 fully saturated rings. The zero-order valence-electron chi connectivity index (χ0n) is 13.0. The third-order valence-corrected chi connectivity index (χ3v) is 3.75. The standard InChI is InChI=1S/C17H28O2/c1-13(2)7-6-8-17(3,4)15-9-14(12-18)10-16(11-15)19-5/h9-11,13,18H,6-8,12H2,1-5H3. The van der Waals surface area contributed by atoms with Gasteiger partial charge in [-0.05, 0) is 41.0 Å². The van der Waals surface area contributed by atoms with Crippen LogP contribution in [0.15, 0.2) is 18.2 Å². The molecule has 0 heterocycles. The van der Waals surface area contributed by atoms with E-state index < -0.39 is 0 Å². The van der Waals surface area contributed by atoms with Crippen molar-refractivity contribution in [3.8, 4) is 5.75 Å². The normalized spacial score (nSPS) is 11.9. The maximum Gasteiger partial charge on any atom is 0.119 e. The van der Waals surface area contributed by atoms with Gasteiger partial charge in [-0.25, -0.2) is 0 Å². The van der Waals surface area contributed by atoms with Crippen LogP contribution in [0.25, 0.3) is 0 Å². The second-order valence-electron chi connectivity index (χ2n) is 6.40. The first-order valence-corrected chi connectivity index (χ1v) is 7.18. The topological polar surface area (TPSA) is 29.5 Å². The molecule has 1 N–H and O–H groups in total. The Morgan fingerprint density at radius 2 is 1.89 bits per heavy atom. The molecule has 0 amide bonds. The molecule has 0 aliphatic heterocycles. The van der Waals surface area contributed by atoms with Crippen LogP contribution >= 0.6 is 0 Å². The zero-order chi connectivity index (χ0) is 14.5. The second kappa shape index (κ2) is 6.95. The summed E-state index contributed by atoms with van der Waals surface area (Å²) in [4.78, 5) is 0. The maximum absolute atomic E-state index is 9.34. The molecule has 0 aliphatic rings. The largest absolute Gasteiger partial charge is 0.497 e. The molecule has 2 nitrogen and oxygen atoms in total. The molecule has 2 heteroatoms. The average molecular weight is 264 g/mol. The molecule has 1 aromatic carbocycles. The van der Waals surface area contributed by atoms with Crippen LogP contribution in [0.4, 0.5) is 0 Å². The number of hydrogen-bond donors (Lipinski definition) is 1. The highest BCUT2D eigenvalue weighted by Crippen LogP contribution is 2.32. The highest BCUT2D eigenvalue weighted by molar-refractivity contribution is 5.37. The number of aliphatic hydroxyl groups is 1. The Balaban J connectivity index is 2.86. The third-order valence-electron chi connectivity index (χ3n) is 3.75. The lowest BCUT2D eigenvalue weighted by Gasteiger charge is -2.27. The van der Waals surface area contributed by atoms with Crippen LogP contribution in [0.1, 0.15) is 58.1 Å². The van der Waals surface area contributed by atoms with Crippen LogP contribution in [0, 0.1) is 5.92 Å². The van der Waals surface area contributed by atoms with E-state index in [4.69, 9.17) is 4.74 Å². The van der Waals surface area contributed by atoms with Crippen molar-refractivity contribution in [2.75, 3.05) is 7.11 Å². The SMILES string of the molecule is COc1cc(CO)cc(C(C)(C)CCCC(C)C)c1. The lowest BCUT2D eigenvalue weighted by molar-refractivity contribution is 0.280. The molecule has 0 aromatic heterocycles. The number of benzene rings is 1. The molecule has 0 unspecified atom stereocenters. The first-order chi connectivity index (χ1) is 8.89. The molecule has 0 bridgehead atoms. The minimum Gasteiger partial charge on any atom is -0.497 e. The minimum atomic E-state index is 0.0618. The number of ether oxygens (including phenoxy) is 1. The van der Waals surface area contributed by atoms with E-state index in [-0.39, 0.29) is 12.0 Å². The lowest BCUT2D eigenvalue weighted by atomic mass is 9.79. The molecule has 0 saturated heterocycles. The fraction of sp³-hybridized carbons (Fsp3) is 0.647. The van der Waals surface area contributed by atoms with Crippen molar-refractivity contribution in [3.63, 3.8) is 0 Å². The fourth-order valence-electron chi connectivity index (χ4n) is 2.36. The maximum atomic E-state index is 9.34. The summed E-state index contributed by atoms with van der Waals surface area (Å²) in [6, 6.07) is 6.08. The van der Waals surface area contributed by atoms with E-state index in [0.717, 1.165) is 23.7 Å². The Morgan fingerprint density at radius 1 is 1.21 bits per heavy atom. The van der Waals surface area contributed by atoms with Gasteiger partial charge in [-0.3, -0.25) is 0 Å². The molecule has 0 aliphatic carbocycles. The predicted molar refractivity (Wildman–Crippen MR) is 80.6 cm³/mol. The molecular weight excluding hydrogens is 236 g/mol. The van der Waals surface area contributed by atoms with Crippen molar-refractivity contribution in [1.29, 1.82) is 0 Å². The quantitative estimate of drug-likeness (QED) is 0.796. The summed E-state index contributed by atoms with van der Waals surface area (Å²) < 4.78 is 5.32. The minimum absolute atomic E-state index is 0.0618. The van der Waals surface area contributed by atoms with E-state index >= 15 is 0 Å². The summed E-state index contributed by atoms with van der Waals surface area (Å²) in [6.45, 7) is 9.13. The van der Waals surface area contributed by atoms with Gasteiger partial charge < -0.3 is 9.84 Å². The van der Waals surface area contributed by atoms with Crippen molar-refractivity contribution >= 4 is 0 Å². The molecule has 0 spiro atoms. The van der Waals surface area contributed by atoms with Crippen LogP contribution in [0.2, 0.25) is 0 Å². The van der Waals surface area contributed by atoms with E-state index in [1.807, 2.05) is 6.07 Å². The van der Waals surface area contributed by atoms with E-state index in [0.29, 0.717) is 0 Å². The summed E-state index contributed by atoms with van der Waals surface area (Å²) in [5.41, 5.74) is 2.29. The molecule has 19 heavy (non-hydrogen) atoms. The van der Waals surface area contributed by atoms with Gasteiger partial charge in [0.2, 0.25) is 0 Å². The average Bonchev–Trinajstić information content (AvgIpc) is 2.37. The van der Waals surface area contributed by atoms with Gasteiger partial charge in [-0.1, -0.05) is 46.6 Å².